The van der Waals surface area contributed by atoms with E-state index in [1.807, 2.05) is 13.1 Å². The number of benzene rings is 1. The molecule has 1 aliphatic rings. The fraction of sp³-hybridized carbons (Fsp3) is 0.500. The van der Waals surface area contributed by atoms with Crippen LogP contribution in [-0.2, 0) is 6.42 Å². The highest BCUT2D eigenvalue weighted by Crippen LogP contribution is 2.38. The van der Waals surface area contributed by atoms with Crippen LogP contribution in [-0.4, -0.2) is 41.1 Å². The molecule has 2 heterocycles. The lowest BCUT2D eigenvalue weighted by molar-refractivity contribution is -0.383. The zero-order valence-corrected chi connectivity index (χ0v) is 17.0. The van der Waals surface area contributed by atoms with Gasteiger partial charge in [0.05, 0.1) is 4.92 Å². The van der Waals surface area contributed by atoms with Gasteiger partial charge in [0, 0.05) is 36.6 Å². The molecule has 1 saturated heterocycles. The molecule has 5 N–H and O–H groups in total. The smallest absolute Gasteiger partial charge is 0.305 e. The first-order valence-corrected chi connectivity index (χ1v) is 10.1. The van der Waals surface area contributed by atoms with Crippen LogP contribution >= 0.6 is 0 Å². The lowest BCUT2D eigenvalue weighted by Gasteiger charge is -2.33. The number of nitrogens with zero attached hydrogens (tertiary/aromatic N) is 4. The molecule has 0 saturated carbocycles. The van der Waals surface area contributed by atoms with Crippen LogP contribution in [0.1, 0.15) is 38.3 Å². The van der Waals surface area contributed by atoms with Gasteiger partial charge >= 0.3 is 5.69 Å². The number of piperidine rings is 1. The van der Waals surface area contributed by atoms with Crippen LogP contribution in [0, 0.1) is 10.1 Å². The molecule has 1 unspecified atom stereocenters. The summed E-state index contributed by atoms with van der Waals surface area (Å²) in [6.07, 6.45) is 4.94. The fourth-order valence-corrected chi connectivity index (χ4v) is 3.72. The zero-order valence-electron chi connectivity index (χ0n) is 17.0. The number of likely N-dealkylation sites (N-methyl/N-ethyl adjacent to an activating group) is 1. The monoisotopic (exact) mass is 399 g/mol. The molecule has 0 amide bonds. The molecule has 1 atom stereocenters. The number of rotatable bonds is 7. The number of nitro benzene ring substituents is 1. The van der Waals surface area contributed by atoms with E-state index in [1.54, 1.807) is 6.07 Å². The van der Waals surface area contributed by atoms with Gasteiger partial charge in [0.25, 0.3) is 0 Å². The molecule has 0 aliphatic carbocycles. The third kappa shape index (κ3) is 4.56. The Kier molecular flexibility index (Phi) is 6.48. The second kappa shape index (κ2) is 9.04. The topological polar surface area (TPSA) is 136 Å². The number of nitrogen functional groups attached to an aromatic ring is 2. The molecule has 3 rings (SSSR count). The molecular formula is C20H29N7O2. The molecule has 1 fully saturated rings. The molecule has 0 bridgehead atoms. The summed E-state index contributed by atoms with van der Waals surface area (Å²) in [5.41, 5.74) is 13.1. The summed E-state index contributed by atoms with van der Waals surface area (Å²) in [4.78, 5) is 22.7. The van der Waals surface area contributed by atoms with E-state index in [2.05, 4.69) is 22.1 Å². The number of aromatic nitrogens is 2. The maximum Gasteiger partial charge on any atom is 0.305 e. The second-order valence-electron chi connectivity index (χ2n) is 7.44. The van der Waals surface area contributed by atoms with Crippen LogP contribution in [0.15, 0.2) is 18.2 Å². The van der Waals surface area contributed by atoms with Gasteiger partial charge in [0.2, 0.25) is 0 Å². The maximum absolute atomic E-state index is 11.7. The average Bonchev–Trinajstić information content (AvgIpc) is 2.73. The summed E-state index contributed by atoms with van der Waals surface area (Å²) < 4.78 is 0. The number of nitrogens with one attached hydrogen (secondary N) is 1. The Balaban J connectivity index is 2.12. The number of hydrogen-bond acceptors (Lipinski definition) is 8. The first-order valence-electron chi connectivity index (χ1n) is 10.1. The van der Waals surface area contributed by atoms with Gasteiger partial charge in [-0.05, 0) is 44.9 Å². The molecule has 29 heavy (non-hydrogen) atoms. The zero-order chi connectivity index (χ0) is 21.0. The summed E-state index contributed by atoms with van der Waals surface area (Å²) in [6, 6.07) is 5.39. The van der Waals surface area contributed by atoms with Crippen LogP contribution in [0.2, 0.25) is 0 Å². The van der Waals surface area contributed by atoms with Crippen molar-refractivity contribution in [3.63, 3.8) is 0 Å². The van der Waals surface area contributed by atoms with E-state index in [1.165, 1.54) is 6.07 Å². The van der Waals surface area contributed by atoms with Gasteiger partial charge in [-0.2, -0.15) is 0 Å². The molecule has 0 radical (unpaired) electrons. The van der Waals surface area contributed by atoms with Crippen molar-refractivity contribution in [2.45, 2.75) is 45.1 Å². The number of unbranched alkanes of at least 4 members (excludes halogenated alkanes) is 1. The van der Waals surface area contributed by atoms with Crippen LogP contribution in [0.3, 0.4) is 0 Å². The summed E-state index contributed by atoms with van der Waals surface area (Å²) in [6.45, 7) is 3.83. The minimum Gasteiger partial charge on any atom is -0.398 e. The van der Waals surface area contributed by atoms with Crippen LogP contribution in [0.25, 0.3) is 11.4 Å². The lowest BCUT2D eigenvalue weighted by Crippen LogP contribution is -2.44. The van der Waals surface area contributed by atoms with Crippen LogP contribution < -0.4 is 21.7 Å². The van der Waals surface area contributed by atoms with Gasteiger partial charge in [0.15, 0.2) is 5.82 Å². The molecule has 1 aromatic heterocycles. The Hall–Kier alpha value is -2.94. The Morgan fingerprint density at radius 1 is 1.31 bits per heavy atom. The lowest BCUT2D eigenvalue weighted by atomic mass is 10.1. The van der Waals surface area contributed by atoms with E-state index in [0.29, 0.717) is 6.04 Å². The van der Waals surface area contributed by atoms with E-state index in [9.17, 15) is 10.1 Å². The summed E-state index contributed by atoms with van der Waals surface area (Å²) >= 11 is 0. The van der Waals surface area contributed by atoms with Crippen molar-refractivity contribution < 1.29 is 4.92 Å². The van der Waals surface area contributed by atoms with Crippen molar-refractivity contribution in [2.24, 2.45) is 0 Å². The van der Waals surface area contributed by atoms with Gasteiger partial charge in [-0.1, -0.05) is 13.3 Å². The highest BCUT2D eigenvalue weighted by molar-refractivity contribution is 5.87. The predicted octanol–water partition coefficient (Wildman–Crippen LogP) is 2.75. The quantitative estimate of drug-likeness (QED) is 0.367. The van der Waals surface area contributed by atoms with E-state index in [-0.39, 0.29) is 28.5 Å². The first kappa shape index (κ1) is 20.8. The Labute approximate surface area is 170 Å². The Morgan fingerprint density at radius 2 is 2.07 bits per heavy atom. The van der Waals surface area contributed by atoms with Gasteiger partial charge in [-0.25, -0.2) is 9.97 Å². The van der Waals surface area contributed by atoms with Crippen molar-refractivity contribution in [3.05, 3.63) is 34.0 Å². The highest BCUT2D eigenvalue weighted by atomic mass is 16.6. The van der Waals surface area contributed by atoms with Gasteiger partial charge < -0.3 is 21.7 Å². The van der Waals surface area contributed by atoms with Crippen molar-refractivity contribution in [1.82, 2.24) is 15.3 Å². The van der Waals surface area contributed by atoms with E-state index < -0.39 is 4.92 Å². The molecule has 9 heteroatoms. The summed E-state index contributed by atoms with van der Waals surface area (Å²) in [5, 5.41) is 15.0. The number of anilines is 3. The van der Waals surface area contributed by atoms with Gasteiger partial charge in [-0.3, -0.25) is 10.1 Å². The molecule has 1 aromatic carbocycles. The molecule has 1 aliphatic heterocycles. The van der Waals surface area contributed by atoms with E-state index in [0.717, 1.165) is 56.7 Å². The minimum atomic E-state index is -0.513. The van der Waals surface area contributed by atoms with Crippen LogP contribution in [0.4, 0.5) is 22.9 Å². The highest BCUT2D eigenvalue weighted by Gasteiger charge is 2.27. The van der Waals surface area contributed by atoms with E-state index in [4.69, 9.17) is 16.5 Å². The molecule has 2 aromatic rings. The molecule has 0 spiro atoms. The van der Waals surface area contributed by atoms with Crippen molar-refractivity contribution in [2.75, 3.05) is 36.5 Å². The Bertz CT molecular complexity index is 887. The number of nitrogens with two attached hydrogens (primary N) is 2. The largest absolute Gasteiger partial charge is 0.398 e. The molecular weight excluding hydrogens is 370 g/mol. The van der Waals surface area contributed by atoms with Gasteiger partial charge in [-0.15, -0.1) is 0 Å². The van der Waals surface area contributed by atoms with Crippen molar-refractivity contribution in [3.8, 4) is 11.4 Å². The fourth-order valence-electron chi connectivity index (χ4n) is 3.72. The summed E-state index contributed by atoms with van der Waals surface area (Å²) in [7, 11) is 1.96. The predicted molar refractivity (Wildman–Crippen MR) is 116 cm³/mol. The van der Waals surface area contributed by atoms with Crippen molar-refractivity contribution >= 4 is 22.9 Å². The third-order valence-electron chi connectivity index (χ3n) is 5.35. The normalized spacial score (nSPS) is 16.8. The Morgan fingerprint density at radius 3 is 2.76 bits per heavy atom. The first-order chi connectivity index (χ1) is 13.9. The third-order valence-corrected chi connectivity index (χ3v) is 5.35. The molecule has 156 valence electrons. The number of aryl methyl sites for hydroxylation is 1. The second-order valence-corrected chi connectivity index (χ2v) is 7.44. The van der Waals surface area contributed by atoms with E-state index >= 15 is 0 Å². The average molecular weight is 399 g/mol. The maximum atomic E-state index is 11.7. The SMILES string of the molecule is CCCCc1cc(N2CCCC(NC)C2)nc(-c2c(N)ccc(N)c2[N+](=O)[O-])n1. The molecule has 9 nitrogen and oxygen atoms in total. The minimum absolute atomic E-state index is 0.0523. The van der Waals surface area contributed by atoms with Crippen LogP contribution in [0.5, 0.6) is 0 Å². The van der Waals surface area contributed by atoms with Gasteiger partial charge in [0.1, 0.15) is 17.1 Å². The number of hydrogen-bond donors (Lipinski definition) is 3. The summed E-state index contributed by atoms with van der Waals surface area (Å²) in [5.74, 6) is 1.04. The standard InChI is InChI=1S/C20H29N7O2/c1-3-4-6-13-11-17(26-10-5-7-14(12-26)23-2)25-20(24-13)18-15(21)8-9-16(22)19(18)27(28)29/h8-9,11,14,23H,3-7,10,12,21-22H2,1-2H3. The number of nitro groups is 1. The van der Waals surface area contributed by atoms with Crippen molar-refractivity contribution in [1.29, 1.82) is 0 Å².